The van der Waals surface area contributed by atoms with E-state index < -0.39 is 5.91 Å². The van der Waals surface area contributed by atoms with Crippen LogP contribution in [-0.4, -0.2) is 24.5 Å². The molecule has 23 heavy (non-hydrogen) atoms. The molecule has 0 spiro atoms. The lowest BCUT2D eigenvalue weighted by atomic mass is 10.0. The molecule has 0 bridgehead atoms. The van der Waals surface area contributed by atoms with Gasteiger partial charge in [0.05, 0.1) is 23.7 Å². The number of rotatable bonds is 4. The van der Waals surface area contributed by atoms with Crippen molar-refractivity contribution in [2.75, 3.05) is 18.6 Å². The minimum absolute atomic E-state index is 0.213. The van der Waals surface area contributed by atoms with E-state index in [9.17, 15) is 4.79 Å². The van der Waals surface area contributed by atoms with Gasteiger partial charge in [-0.15, -0.1) is 0 Å². The molecule has 1 amide bonds. The van der Waals surface area contributed by atoms with Gasteiger partial charge < -0.3 is 15.4 Å². The van der Waals surface area contributed by atoms with E-state index >= 15 is 0 Å². The Morgan fingerprint density at radius 1 is 1.39 bits per heavy atom. The Labute approximate surface area is 140 Å². The van der Waals surface area contributed by atoms with Crippen molar-refractivity contribution in [3.05, 3.63) is 52.7 Å². The molecule has 1 fully saturated rings. The van der Waals surface area contributed by atoms with E-state index in [0.717, 1.165) is 25.1 Å². The number of methoxy groups -OCH3 is 1. The molecule has 0 saturated carbocycles. The smallest absolute Gasteiger partial charge is 0.250 e. The molecule has 1 aliphatic heterocycles. The Bertz CT molecular complexity index is 718. The van der Waals surface area contributed by atoms with Gasteiger partial charge in [0.25, 0.3) is 0 Å². The predicted molar refractivity (Wildman–Crippen MR) is 90.1 cm³/mol. The van der Waals surface area contributed by atoms with Crippen LogP contribution in [0.3, 0.4) is 0 Å². The minimum atomic E-state index is -0.529. The average Bonchev–Trinajstić information content (AvgIpc) is 3.04. The highest BCUT2D eigenvalue weighted by molar-refractivity contribution is 6.33. The van der Waals surface area contributed by atoms with E-state index in [1.165, 1.54) is 11.8 Å². The summed E-state index contributed by atoms with van der Waals surface area (Å²) in [5, 5.41) is 0.446. The highest BCUT2D eigenvalue weighted by Gasteiger charge is 2.28. The second kappa shape index (κ2) is 6.46. The van der Waals surface area contributed by atoms with Gasteiger partial charge >= 0.3 is 0 Å². The molecule has 3 rings (SSSR count). The summed E-state index contributed by atoms with van der Waals surface area (Å²) in [7, 11) is 1.65. The zero-order valence-corrected chi connectivity index (χ0v) is 13.6. The lowest BCUT2D eigenvalue weighted by Crippen LogP contribution is -2.24. The molecule has 0 radical (unpaired) electrons. The second-order valence-corrected chi connectivity index (χ2v) is 5.93. The summed E-state index contributed by atoms with van der Waals surface area (Å²) in [4.78, 5) is 17.8. The molecule has 1 aromatic carbocycles. The molecule has 1 saturated heterocycles. The first kappa shape index (κ1) is 15.6. The Morgan fingerprint density at radius 3 is 2.74 bits per heavy atom. The van der Waals surface area contributed by atoms with Crippen LogP contribution >= 0.6 is 11.6 Å². The van der Waals surface area contributed by atoms with E-state index in [-0.39, 0.29) is 6.04 Å². The summed E-state index contributed by atoms with van der Waals surface area (Å²) in [6, 6.07) is 9.83. The van der Waals surface area contributed by atoms with E-state index in [0.29, 0.717) is 16.4 Å². The van der Waals surface area contributed by atoms with Crippen molar-refractivity contribution in [1.82, 2.24) is 4.98 Å². The lowest BCUT2D eigenvalue weighted by molar-refractivity contribution is 0.1000. The van der Waals surface area contributed by atoms with Gasteiger partial charge in [-0.05, 0) is 36.6 Å². The highest BCUT2D eigenvalue weighted by Crippen LogP contribution is 2.38. The first-order valence-electron chi connectivity index (χ1n) is 7.46. The summed E-state index contributed by atoms with van der Waals surface area (Å²) in [5.74, 6) is 0.995. The predicted octanol–water partition coefficient (Wildman–Crippen LogP) is 3.18. The van der Waals surface area contributed by atoms with E-state index in [1.807, 2.05) is 12.1 Å². The molecule has 2 N–H and O–H groups in total. The number of amides is 1. The maximum Gasteiger partial charge on any atom is 0.250 e. The van der Waals surface area contributed by atoms with E-state index in [1.54, 1.807) is 13.2 Å². The van der Waals surface area contributed by atoms with Crippen molar-refractivity contribution in [3.8, 4) is 5.75 Å². The molecule has 0 unspecified atom stereocenters. The van der Waals surface area contributed by atoms with Crippen LogP contribution in [0.25, 0.3) is 0 Å². The summed E-state index contributed by atoms with van der Waals surface area (Å²) in [5.41, 5.74) is 6.78. The number of hydrogen-bond donors (Lipinski definition) is 1. The van der Waals surface area contributed by atoms with Crippen LogP contribution in [0.15, 0.2) is 36.5 Å². The Balaban J connectivity index is 1.90. The normalized spacial score (nSPS) is 17.3. The quantitative estimate of drug-likeness (QED) is 0.934. The topological polar surface area (TPSA) is 68.4 Å². The molecule has 5 nitrogen and oxygen atoms in total. The van der Waals surface area contributed by atoms with Gasteiger partial charge in [0.2, 0.25) is 5.91 Å². The first-order valence-corrected chi connectivity index (χ1v) is 7.84. The number of anilines is 1. The van der Waals surface area contributed by atoms with Crippen molar-refractivity contribution in [3.63, 3.8) is 0 Å². The number of primary amides is 1. The minimum Gasteiger partial charge on any atom is -0.497 e. The van der Waals surface area contributed by atoms with Gasteiger partial charge in [-0.3, -0.25) is 4.79 Å². The number of hydrogen-bond acceptors (Lipinski definition) is 4. The standard InChI is InChI=1S/C17H18ClN3O2/c1-23-13-6-4-11(5-7-13)15-3-2-8-21(15)17-14(18)9-12(10-20-17)16(19)22/h4-7,9-10,15H,2-3,8H2,1H3,(H2,19,22)/t15-/m1/s1. The number of benzene rings is 1. The number of nitrogens with zero attached hydrogens (tertiary/aromatic N) is 2. The number of pyridine rings is 1. The lowest BCUT2D eigenvalue weighted by Gasteiger charge is -2.27. The monoisotopic (exact) mass is 331 g/mol. The van der Waals surface area contributed by atoms with Gasteiger partial charge in [-0.2, -0.15) is 0 Å². The molecule has 6 heteroatoms. The summed E-state index contributed by atoms with van der Waals surface area (Å²) in [6.45, 7) is 0.874. The Hall–Kier alpha value is -2.27. The molecule has 1 aliphatic rings. The van der Waals surface area contributed by atoms with Gasteiger partial charge in [-0.1, -0.05) is 23.7 Å². The number of carbonyl (C=O) groups is 1. The second-order valence-electron chi connectivity index (χ2n) is 5.52. The maximum absolute atomic E-state index is 11.2. The fourth-order valence-corrected chi connectivity index (χ4v) is 3.24. The molecular formula is C17H18ClN3O2. The Kier molecular flexibility index (Phi) is 4.39. The molecule has 1 aromatic heterocycles. The van der Waals surface area contributed by atoms with E-state index in [4.69, 9.17) is 22.1 Å². The summed E-state index contributed by atoms with van der Waals surface area (Å²) in [6.07, 6.45) is 3.57. The van der Waals surface area contributed by atoms with Crippen LogP contribution in [0.2, 0.25) is 5.02 Å². The van der Waals surface area contributed by atoms with Crippen molar-refractivity contribution in [2.24, 2.45) is 5.73 Å². The molecule has 120 valence electrons. The third kappa shape index (κ3) is 3.10. The van der Waals surface area contributed by atoms with Crippen molar-refractivity contribution < 1.29 is 9.53 Å². The summed E-state index contributed by atoms with van der Waals surface area (Å²) < 4.78 is 5.21. The molecule has 0 aliphatic carbocycles. The van der Waals surface area contributed by atoms with E-state index in [2.05, 4.69) is 22.0 Å². The number of nitrogens with two attached hydrogens (primary N) is 1. The van der Waals surface area contributed by atoms with Crippen molar-refractivity contribution >= 4 is 23.3 Å². The molecule has 1 atom stereocenters. The van der Waals surface area contributed by atoms with Gasteiger partial charge in [-0.25, -0.2) is 4.98 Å². The van der Waals surface area contributed by atoms with Gasteiger partial charge in [0.1, 0.15) is 11.6 Å². The third-order valence-corrected chi connectivity index (χ3v) is 4.41. The number of ether oxygens (including phenoxy) is 1. The van der Waals surface area contributed by atoms with Gasteiger partial charge in [0, 0.05) is 12.7 Å². The largest absolute Gasteiger partial charge is 0.497 e. The fourth-order valence-electron chi connectivity index (χ4n) is 2.97. The number of halogens is 1. The first-order chi connectivity index (χ1) is 11.1. The molecule has 2 aromatic rings. The summed E-state index contributed by atoms with van der Waals surface area (Å²) >= 11 is 6.32. The van der Waals surface area contributed by atoms with Gasteiger partial charge in [0.15, 0.2) is 0 Å². The van der Waals surface area contributed by atoms with Crippen LogP contribution in [0, 0.1) is 0 Å². The number of aromatic nitrogens is 1. The van der Waals surface area contributed by atoms with Crippen LogP contribution < -0.4 is 15.4 Å². The third-order valence-electron chi connectivity index (χ3n) is 4.13. The number of carbonyl (C=O) groups excluding carboxylic acids is 1. The van der Waals surface area contributed by atoms with Crippen molar-refractivity contribution in [2.45, 2.75) is 18.9 Å². The fraction of sp³-hybridized carbons (Fsp3) is 0.294. The zero-order valence-electron chi connectivity index (χ0n) is 12.8. The molecule has 2 heterocycles. The van der Waals surface area contributed by atoms with Crippen LogP contribution in [0.5, 0.6) is 5.75 Å². The van der Waals surface area contributed by atoms with Crippen LogP contribution in [-0.2, 0) is 0 Å². The Morgan fingerprint density at radius 2 is 2.13 bits per heavy atom. The van der Waals surface area contributed by atoms with Crippen LogP contribution in [0.4, 0.5) is 5.82 Å². The van der Waals surface area contributed by atoms with Crippen LogP contribution in [0.1, 0.15) is 34.8 Å². The SMILES string of the molecule is COc1ccc([C@H]2CCCN2c2ncc(C(N)=O)cc2Cl)cc1. The van der Waals surface area contributed by atoms with Crippen molar-refractivity contribution in [1.29, 1.82) is 0 Å². The zero-order chi connectivity index (χ0) is 16.4. The molecular weight excluding hydrogens is 314 g/mol. The maximum atomic E-state index is 11.2. The average molecular weight is 332 g/mol. The highest BCUT2D eigenvalue weighted by atomic mass is 35.5.